The number of nitrogens with one attached hydrogen (secondary N) is 1. The first-order valence-electron chi connectivity index (χ1n) is 11.0. The third-order valence-corrected chi connectivity index (χ3v) is 5.65. The SMILES string of the molecule is Cc1ccnc(NC(=O)C2CCN(C(=O)CCCc3nnc(-c4ccccc4)o3)CC2)c1. The minimum atomic E-state index is -0.101. The normalized spacial score (nSPS) is 14.3. The number of benzene rings is 1. The van der Waals surface area contributed by atoms with Crippen molar-refractivity contribution in [3.63, 3.8) is 0 Å². The van der Waals surface area contributed by atoms with Crippen molar-refractivity contribution in [3.8, 4) is 11.5 Å². The molecular weight excluding hydrogens is 406 g/mol. The van der Waals surface area contributed by atoms with Gasteiger partial charge in [-0.05, 0) is 56.0 Å². The highest BCUT2D eigenvalue weighted by molar-refractivity contribution is 5.92. The summed E-state index contributed by atoms with van der Waals surface area (Å²) in [6.07, 6.45) is 4.64. The number of rotatable bonds is 7. The molecule has 0 spiro atoms. The summed E-state index contributed by atoms with van der Waals surface area (Å²) in [6, 6.07) is 13.4. The second-order valence-corrected chi connectivity index (χ2v) is 8.08. The summed E-state index contributed by atoms with van der Waals surface area (Å²) < 4.78 is 5.70. The highest BCUT2D eigenvalue weighted by atomic mass is 16.4. The van der Waals surface area contributed by atoms with Gasteiger partial charge >= 0.3 is 0 Å². The Morgan fingerprint density at radius 2 is 1.91 bits per heavy atom. The Bertz CT molecular complexity index is 1060. The molecule has 1 aromatic carbocycles. The second-order valence-electron chi connectivity index (χ2n) is 8.08. The second kappa shape index (κ2) is 10.2. The van der Waals surface area contributed by atoms with Crippen molar-refractivity contribution in [3.05, 3.63) is 60.1 Å². The number of piperidine rings is 1. The van der Waals surface area contributed by atoms with E-state index in [1.54, 1.807) is 6.20 Å². The highest BCUT2D eigenvalue weighted by Gasteiger charge is 2.27. The van der Waals surface area contributed by atoms with Crippen LogP contribution in [0.15, 0.2) is 53.1 Å². The number of aromatic nitrogens is 3. The van der Waals surface area contributed by atoms with Crippen molar-refractivity contribution in [2.24, 2.45) is 5.92 Å². The summed E-state index contributed by atoms with van der Waals surface area (Å²) >= 11 is 0. The molecule has 1 aliphatic heterocycles. The molecule has 0 unspecified atom stereocenters. The molecule has 3 heterocycles. The molecule has 8 heteroatoms. The van der Waals surface area contributed by atoms with Gasteiger partial charge in [0.15, 0.2) is 0 Å². The maximum absolute atomic E-state index is 12.6. The number of nitrogens with zero attached hydrogens (tertiary/aromatic N) is 4. The van der Waals surface area contributed by atoms with E-state index < -0.39 is 0 Å². The van der Waals surface area contributed by atoms with Gasteiger partial charge in [0, 0.05) is 43.6 Å². The average molecular weight is 434 g/mol. The van der Waals surface area contributed by atoms with Crippen LogP contribution in [0.2, 0.25) is 0 Å². The molecule has 0 aliphatic carbocycles. The van der Waals surface area contributed by atoms with E-state index in [4.69, 9.17) is 4.42 Å². The number of likely N-dealkylation sites (tertiary alicyclic amines) is 1. The number of hydrogen-bond donors (Lipinski definition) is 1. The zero-order chi connectivity index (χ0) is 22.3. The maximum Gasteiger partial charge on any atom is 0.247 e. The summed E-state index contributed by atoms with van der Waals surface area (Å²) in [5, 5.41) is 11.0. The predicted molar refractivity (Wildman–Crippen MR) is 120 cm³/mol. The molecular formula is C24H27N5O3. The molecule has 1 saturated heterocycles. The fraction of sp³-hybridized carbons (Fsp3) is 0.375. The van der Waals surface area contributed by atoms with Gasteiger partial charge in [0.2, 0.25) is 23.6 Å². The number of amides is 2. The van der Waals surface area contributed by atoms with Crippen molar-refractivity contribution < 1.29 is 14.0 Å². The Balaban J connectivity index is 1.19. The van der Waals surface area contributed by atoms with Crippen LogP contribution in [-0.2, 0) is 16.0 Å². The largest absolute Gasteiger partial charge is 0.421 e. The highest BCUT2D eigenvalue weighted by Crippen LogP contribution is 2.21. The zero-order valence-corrected chi connectivity index (χ0v) is 18.2. The smallest absolute Gasteiger partial charge is 0.247 e. The molecule has 0 saturated carbocycles. The Kier molecular flexibility index (Phi) is 6.89. The fourth-order valence-electron chi connectivity index (χ4n) is 3.82. The molecule has 32 heavy (non-hydrogen) atoms. The van der Waals surface area contributed by atoms with Gasteiger partial charge in [0.1, 0.15) is 5.82 Å². The van der Waals surface area contributed by atoms with Crippen LogP contribution < -0.4 is 5.32 Å². The first-order chi connectivity index (χ1) is 15.6. The van der Waals surface area contributed by atoms with Crippen LogP contribution in [0.25, 0.3) is 11.5 Å². The molecule has 3 aromatic rings. The van der Waals surface area contributed by atoms with Crippen LogP contribution in [0, 0.1) is 12.8 Å². The molecule has 0 atom stereocenters. The summed E-state index contributed by atoms with van der Waals surface area (Å²) in [6.45, 7) is 3.15. The topological polar surface area (TPSA) is 101 Å². The van der Waals surface area contributed by atoms with Gasteiger partial charge in [0.05, 0.1) is 0 Å². The van der Waals surface area contributed by atoms with Gasteiger partial charge in [-0.2, -0.15) is 0 Å². The number of anilines is 1. The molecule has 4 rings (SSSR count). The standard InChI is InChI=1S/C24H27N5O3/c1-17-10-13-25-20(16-17)26-23(31)18-11-14-29(15-12-18)22(30)9-5-8-21-27-28-24(32-21)19-6-3-2-4-7-19/h2-4,6-7,10,13,16,18H,5,8-9,11-12,14-15H2,1H3,(H,25,26,31). The zero-order valence-electron chi connectivity index (χ0n) is 18.2. The summed E-state index contributed by atoms with van der Waals surface area (Å²) in [5.74, 6) is 1.58. The lowest BCUT2D eigenvalue weighted by Crippen LogP contribution is -2.41. The summed E-state index contributed by atoms with van der Waals surface area (Å²) in [4.78, 5) is 31.1. The molecule has 166 valence electrons. The fourth-order valence-corrected chi connectivity index (χ4v) is 3.82. The van der Waals surface area contributed by atoms with Crippen LogP contribution >= 0.6 is 0 Å². The van der Waals surface area contributed by atoms with Gasteiger partial charge in [0.25, 0.3) is 0 Å². The van der Waals surface area contributed by atoms with E-state index in [-0.39, 0.29) is 17.7 Å². The monoisotopic (exact) mass is 433 g/mol. The van der Waals surface area contributed by atoms with E-state index in [9.17, 15) is 9.59 Å². The number of aryl methyl sites for hydroxylation is 2. The molecule has 2 amide bonds. The Morgan fingerprint density at radius 1 is 1.12 bits per heavy atom. The number of carbonyl (C=O) groups excluding carboxylic acids is 2. The molecule has 1 aliphatic rings. The minimum Gasteiger partial charge on any atom is -0.421 e. The van der Waals surface area contributed by atoms with Crippen molar-refractivity contribution >= 4 is 17.6 Å². The van der Waals surface area contributed by atoms with Crippen molar-refractivity contribution in [2.75, 3.05) is 18.4 Å². The molecule has 1 fully saturated rings. The van der Waals surface area contributed by atoms with Gasteiger partial charge in [-0.25, -0.2) is 4.98 Å². The van der Waals surface area contributed by atoms with E-state index in [0.717, 1.165) is 11.1 Å². The molecule has 8 nitrogen and oxygen atoms in total. The minimum absolute atomic E-state index is 0.0270. The summed E-state index contributed by atoms with van der Waals surface area (Å²) in [5.41, 5.74) is 1.93. The van der Waals surface area contributed by atoms with Crippen LogP contribution in [0.5, 0.6) is 0 Å². The number of pyridine rings is 1. The van der Waals surface area contributed by atoms with E-state index in [0.29, 0.717) is 62.8 Å². The average Bonchev–Trinajstić information content (AvgIpc) is 3.29. The van der Waals surface area contributed by atoms with Gasteiger partial charge in [-0.3, -0.25) is 9.59 Å². The number of carbonyl (C=O) groups is 2. The first-order valence-corrected chi connectivity index (χ1v) is 11.0. The Labute approximate surface area is 187 Å². The number of hydrogen-bond acceptors (Lipinski definition) is 6. The first kappa shape index (κ1) is 21.7. The van der Waals surface area contributed by atoms with E-state index in [1.165, 1.54) is 0 Å². The van der Waals surface area contributed by atoms with E-state index in [2.05, 4.69) is 20.5 Å². The van der Waals surface area contributed by atoms with Gasteiger partial charge < -0.3 is 14.6 Å². The van der Waals surface area contributed by atoms with Gasteiger partial charge in [-0.15, -0.1) is 10.2 Å². The molecule has 1 N–H and O–H groups in total. The van der Waals surface area contributed by atoms with E-state index in [1.807, 2.05) is 54.3 Å². The third-order valence-electron chi connectivity index (χ3n) is 5.65. The lowest BCUT2D eigenvalue weighted by atomic mass is 9.95. The van der Waals surface area contributed by atoms with Crippen LogP contribution in [0.1, 0.15) is 37.1 Å². The Hall–Kier alpha value is -3.55. The van der Waals surface area contributed by atoms with Gasteiger partial charge in [-0.1, -0.05) is 18.2 Å². The quantitative estimate of drug-likeness (QED) is 0.610. The Morgan fingerprint density at radius 3 is 2.66 bits per heavy atom. The van der Waals surface area contributed by atoms with Crippen molar-refractivity contribution in [1.29, 1.82) is 0 Å². The van der Waals surface area contributed by atoms with Crippen LogP contribution in [0.4, 0.5) is 5.82 Å². The summed E-state index contributed by atoms with van der Waals surface area (Å²) in [7, 11) is 0. The van der Waals surface area contributed by atoms with Crippen LogP contribution in [-0.4, -0.2) is 45.0 Å². The van der Waals surface area contributed by atoms with Crippen molar-refractivity contribution in [2.45, 2.75) is 39.0 Å². The molecule has 0 bridgehead atoms. The molecule has 0 radical (unpaired) electrons. The third kappa shape index (κ3) is 5.57. The van der Waals surface area contributed by atoms with E-state index >= 15 is 0 Å². The van der Waals surface area contributed by atoms with Crippen LogP contribution in [0.3, 0.4) is 0 Å². The molecule has 2 aromatic heterocycles. The maximum atomic E-state index is 12.6. The lowest BCUT2D eigenvalue weighted by Gasteiger charge is -2.31. The lowest BCUT2D eigenvalue weighted by molar-refractivity contribution is -0.134. The predicted octanol–water partition coefficient (Wildman–Crippen LogP) is 3.64. The van der Waals surface area contributed by atoms with Crippen molar-refractivity contribution in [1.82, 2.24) is 20.1 Å².